The third-order valence-electron chi connectivity index (χ3n) is 4.15. The first-order chi connectivity index (χ1) is 10.7. The SMILES string of the molecule is CCN1CCN(c2ccc(-c3ccc(C=O)o3)c(F)c2)CC1. The molecule has 0 aliphatic carbocycles. The molecule has 116 valence electrons. The number of benzene rings is 1. The van der Waals surface area contributed by atoms with Crippen LogP contribution < -0.4 is 4.90 Å². The van der Waals surface area contributed by atoms with E-state index in [4.69, 9.17) is 4.42 Å². The molecule has 5 heteroatoms. The molecule has 0 atom stereocenters. The van der Waals surface area contributed by atoms with Crippen molar-refractivity contribution in [3.8, 4) is 11.3 Å². The highest BCUT2D eigenvalue weighted by molar-refractivity contribution is 5.73. The van der Waals surface area contributed by atoms with Crippen molar-refractivity contribution in [1.82, 2.24) is 4.90 Å². The smallest absolute Gasteiger partial charge is 0.185 e. The summed E-state index contributed by atoms with van der Waals surface area (Å²) in [6.45, 7) is 7.02. The summed E-state index contributed by atoms with van der Waals surface area (Å²) in [6.07, 6.45) is 0.614. The average Bonchev–Trinajstić information content (AvgIpc) is 3.03. The molecule has 1 aliphatic rings. The molecule has 4 nitrogen and oxygen atoms in total. The van der Waals surface area contributed by atoms with Crippen molar-refractivity contribution in [1.29, 1.82) is 0 Å². The molecule has 22 heavy (non-hydrogen) atoms. The lowest BCUT2D eigenvalue weighted by Crippen LogP contribution is -2.46. The largest absolute Gasteiger partial charge is 0.453 e. The number of halogens is 1. The molecule has 1 aromatic heterocycles. The number of hydrogen-bond acceptors (Lipinski definition) is 4. The summed E-state index contributed by atoms with van der Waals surface area (Å²) >= 11 is 0. The number of rotatable bonds is 4. The van der Waals surface area contributed by atoms with Crippen molar-refractivity contribution in [2.24, 2.45) is 0 Å². The molecule has 0 saturated carbocycles. The number of anilines is 1. The van der Waals surface area contributed by atoms with Crippen LogP contribution in [0.4, 0.5) is 10.1 Å². The maximum Gasteiger partial charge on any atom is 0.185 e. The van der Waals surface area contributed by atoms with E-state index < -0.39 is 0 Å². The molecule has 0 radical (unpaired) electrons. The second-order valence-corrected chi connectivity index (χ2v) is 5.41. The van der Waals surface area contributed by atoms with E-state index in [1.165, 1.54) is 0 Å². The van der Waals surface area contributed by atoms with E-state index >= 15 is 0 Å². The van der Waals surface area contributed by atoms with Crippen LogP contribution in [0.1, 0.15) is 17.5 Å². The molecule has 0 amide bonds. The van der Waals surface area contributed by atoms with Crippen LogP contribution in [0.25, 0.3) is 11.3 Å². The number of carbonyl (C=O) groups excluding carboxylic acids is 1. The van der Waals surface area contributed by atoms with E-state index in [2.05, 4.69) is 16.7 Å². The Kier molecular flexibility index (Phi) is 4.24. The molecular weight excluding hydrogens is 283 g/mol. The minimum atomic E-state index is -0.331. The Morgan fingerprint density at radius 2 is 1.95 bits per heavy atom. The summed E-state index contributed by atoms with van der Waals surface area (Å²) in [4.78, 5) is 15.2. The van der Waals surface area contributed by atoms with Crippen LogP contribution in [0.5, 0.6) is 0 Å². The number of carbonyl (C=O) groups is 1. The van der Waals surface area contributed by atoms with Gasteiger partial charge in [-0.15, -0.1) is 0 Å². The third-order valence-corrected chi connectivity index (χ3v) is 4.15. The van der Waals surface area contributed by atoms with Gasteiger partial charge in [-0.05, 0) is 36.9 Å². The van der Waals surface area contributed by atoms with Crippen LogP contribution in [-0.4, -0.2) is 43.9 Å². The zero-order valence-electron chi connectivity index (χ0n) is 12.6. The van der Waals surface area contributed by atoms with Crippen LogP contribution in [0, 0.1) is 5.82 Å². The second kappa shape index (κ2) is 6.32. The van der Waals surface area contributed by atoms with Crippen LogP contribution in [-0.2, 0) is 0 Å². The van der Waals surface area contributed by atoms with E-state index in [9.17, 15) is 9.18 Å². The molecular formula is C17H19FN2O2. The highest BCUT2D eigenvalue weighted by atomic mass is 19.1. The topological polar surface area (TPSA) is 36.7 Å². The van der Waals surface area contributed by atoms with Gasteiger partial charge in [0.2, 0.25) is 0 Å². The Hall–Kier alpha value is -2.14. The molecule has 1 aromatic carbocycles. The maximum absolute atomic E-state index is 14.4. The predicted octanol–water partition coefficient (Wildman–Crippen LogP) is 3.04. The predicted molar refractivity (Wildman–Crippen MR) is 83.8 cm³/mol. The lowest BCUT2D eigenvalue weighted by atomic mass is 10.1. The van der Waals surface area contributed by atoms with Crippen LogP contribution in [0.15, 0.2) is 34.7 Å². The van der Waals surface area contributed by atoms with Gasteiger partial charge in [0.05, 0.1) is 5.56 Å². The second-order valence-electron chi connectivity index (χ2n) is 5.41. The lowest BCUT2D eigenvalue weighted by Gasteiger charge is -2.35. The molecule has 2 heterocycles. The normalized spacial score (nSPS) is 16.0. The van der Waals surface area contributed by atoms with Gasteiger partial charge < -0.3 is 14.2 Å². The molecule has 1 aliphatic heterocycles. The lowest BCUT2D eigenvalue weighted by molar-refractivity contribution is 0.110. The molecule has 0 unspecified atom stereocenters. The molecule has 0 bridgehead atoms. The van der Waals surface area contributed by atoms with Gasteiger partial charge in [0.15, 0.2) is 12.0 Å². The quantitative estimate of drug-likeness (QED) is 0.814. The van der Waals surface area contributed by atoms with E-state index in [0.717, 1.165) is 38.4 Å². The number of likely N-dealkylation sites (N-methyl/N-ethyl adjacent to an activating group) is 1. The zero-order chi connectivity index (χ0) is 15.5. The first kappa shape index (κ1) is 14.8. The highest BCUT2D eigenvalue weighted by Gasteiger charge is 2.18. The van der Waals surface area contributed by atoms with E-state index in [-0.39, 0.29) is 11.6 Å². The van der Waals surface area contributed by atoms with Crippen LogP contribution in [0.3, 0.4) is 0 Å². The number of nitrogens with zero attached hydrogens (tertiary/aromatic N) is 2. The fraction of sp³-hybridized carbons (Fsp3) is 0.353. The van der Waals surface area contributed by atoms with Gasteiger partial charge in [-0.25, -0.2) is 4.39 Å². The maximum atomic E-state index is 14.4. The fourth-order valence-corrected chi connectivity index (χ4v) is 2.78. The molecule has 1 fully saturated rings. The first-order valence-corrected chi connectivity index (χ1v) is 7.53. The van der Waals surface area contributed by atoms with Gasteiger partial charge in [-0.3, -0.25) is 4.79 Å². The standard InChI is InChI=1S/C17H19FN2O2/c1-2-19-7-9-20(10-8-19)13-3-5-15(16(18)11-13)17-6-4-14(12-21)22-17/h3-6,11-12H,2,7-10H2,1H3. The number of piperazine rings is 1. The minimum absolute atomic E-state index is 0.203. The Morgan fingerprint density at radius 1 is 1.18 bits per heavy atom. The summed E-state index contributed by atoms with van der Waals surface area (Å²) in [5.74, 6) is 0.248. The monoisotopic (exact) mass is 302 g/mol. The van der Waals surface area contributed by atoms with E-state index in [1.54, 1.807) is 24.3 Å². The van der Waals surface area contributed by atoms with Gasteiger partial charge in [-0.2, -0.15) is 0 Å². The summed E-state index contributed by atoms with van der Waals surface area (Å²) in [5.41, 5.74) is 1.27. The Labute approximate surface area is 129 Å². The molecule has 3 rings (SSSR count). The third kappa shape index (κ3) is 2.90. The molecule has 0 spiro atoms. The van der Waals surface area contributed by atoms with Gasteiger partial charge in [-0.1, -0.05) is 6.92 Å². The Morgan fingerprint density at radius 3 is 2.55 bits per heavy atom. The summed E-state index contributed by atoms with van der Waals surface area (Å²) in [6, 6.07) is 8.31. The first-order valence-electron chi connectivity index (χ1n) is 7.53. The molecule has 2 aromatic rings. The fourth-order valence-electron chi connectivity index (χ4n) is 2.78. The van der Waals surface area contributed by atoms with Crippen molar-refractivity contribution < 1.29 is 13.6 Å². The van der Waals surface area contributed by atoms with Crippen molar-refractivity contribution in [2.75, 3.05) is 37.6 Å². The average molecular weight is 302 g/mol. The highest BCUT2D eigenvalue weighted by Crippen LogP contribution is 2.28. The van der Waals surface area contributed by atoms with E-state index in [1.807, 2.05) is 6.07 Å². The molecule has 1 saturated heterocycles. The number of furan rings is 1. The number of hydrogen-bond donors (Lipinski definition) is 0. The van der Waals surface area contributed by atoms with Crippen molar-refractivity contribution in [3.63, 3.8) is 0 Å². The summed E-state index contributed by atoms with van der Waals surface area (Å²) in [5, 5.41) is 0. The van der Waals surface area contributed by atoms with Gasteiger partial charge in [0.1, 0.15) is 11.6 Å². The Balaban J connectivity index is 1.79. The minimum Gasteiger partial charge on any atom is -0.453 e. The molecule has 0 N–H and O–H groups in total. The van der Waals surface area contributed by atoms with Gasteiger partial charge >= 0.3 is 0 Å². The van der Waals surface area contributed by atoms with E-state index in [0.29, 0.717) is 17.6 Å². The number of aldehydes is 1. The van der Waals surface area contributed by atoms with Gasteiger partial charge in [0.25, 0.3) is 0 Å². The summed E-state index contributed by atoms with van der Waals surface area (Å²) < 4.78 is 19.6. The van der Waals surface area contributed by atoms with Crippen molar-refractivity contribution in [3.05, 3.63) is 41.9 Å². The van der Waals surface area contributed by atoms with Crippen molar-refractivity contribution >= 4 is 12.0 Å². The Bertz CT molecular complexity index is 660. The zero-order valence-corrected chi connectivity index (χ0v) is 12.6. The van der Waals surface area contributed by atoms with Crippen molar-refractivity contribution in [2.45, 2.75) is 6.92 Å². The van der Waals surface area contributed by atoms with Gasteiger partial charge in [0, 0.05) is 31.9 Å². The van der Waals surface area contributed by atoms with Crippen LogP contribution >= 0.6 is 0 Å². The summed E-state index contributed by atoms with van der Waals surface area (Å²) in [7, 11) is 0. The van der Waals surface area contributed by atoms with Crippen LogP contribution in [0.2, 0.25) is 0 Å².